The molecule has 1 N–H and O–H groups in total. The number of nitrogens with zero attached hydrogens (tertiary/aromatic N) is 2. The van der Waals surface area contributed by atoms with Crippen molar-refractivity contribution in [3.8, 4) is 0 Å². The van der Waals surface area contributed by atoms with E-state index in [0.717, 1.165) is 17.4 Å². The van der Waals surface area contributed by atoms with Gasteiger partial charge in [-0.15, -0.1) is 0 Å². The highest BCUT2D eigenvalue weighted by Gasteiger charge is 2.33. The molecule has 6 heteroatoms. The summed E-state index contributed by atoms with van der Waals surface area (Å²) >= 11 is 6.15. The molecule has 2 unspecified atom stereocenters. The number of hydrogen-bond donors (Lipinski definition) is 1. The molecule has 0 spiro atoms. The number of hydrogen-bond acceptors (Lipinski definition) is 3. The Morgan fingerprint density at radius 3 is 2.93 bits per heavy atom. The maximum Gasteiger partial charge on any atom is 0.267 e. The van der Waals surface area contributed by atoms with Crippen LogP contribution in [0.1, 0.15) is 42.6 Å². The zero-order valence-corrected chi connectivity index (χ0v) is 17.4. The smallest absolute Gasteiger partial charge is 0.267 e. The van der Waals surface area contributed by atoms with Gasteiger partial charge in [-0.2, -0.15) is 0 Å². The molecule has 2 aromatic rings. The van der Waals surface area contributed by atoms with Gasteiger partial charge in [0.1, 0.15) is 5.69 Å². The van der Waals surface area contributed by atoms with E-state index in [1.807, 2.05) is 28.8 Å². The van der Waals surface area contributed by atoms with Crippen molar-refractivity contribution in [3.63, 3.8) is 0 Å². The summed E-state index contributed by atoms with van der Waals surface area (Å²) in [5.74, 6) is 0.556. The second kappa shape index (κ2) is 8.85. The number of ether oxygens (including phenoxy) is 1. The Balaban J connectivity index is 1.50. The highest BCUT2D eigenvalue weighted by Crippen LogP contribution is 2.30. The van der Waals surface area contributed by atoms with E-state index in [9.17, 15) is 4.79 Å². The Hall–Kier alpha value is -1.56. The van der Waals surface area contributed by atoms with E-state index >= 15 is 0 Å². The second-order valence-electron chi connectivity index (χ2n) is 8.09. The van der Waals surface area contributed by atoms with Crippen molar-refractivity contribution in [1.29, 1.82) is 0 Å². The number of nitrogens with one attached hydrogen (secondary N) is 1. The van der Waals surface area contributed by atoms with Gasteiger partial charge in [0.25, 0.3) is 5.91 Å². The maximum absolute atomic E-state index is 13.1. The fourth-order valence-electron chi connectivity index (χ4n) is 4.98. The standard InChI is InChI=1S/C22H30ClN3O2/c1-28-12-11-26-20-8-7-18(23)13-17(20)14-21(26)22(27)24-15-16-5-4-10-25-9-3-2-6-19(16)25/h7-8,13-14,16,19H,2-6,9-12,15H2,1H3,(H,24,27). The van der Waals surface area contributed by atoms with Crippen LogP contribution in [0, 0.1) is 5.92 Å². The Morgan fingerprint density at radius 1 is 1.21 bits per heavy atom. The lowest BCUT2D eigenvalue weighted by Crippen LogP contribution is -2.51. The summed E-state index contributed by atoms with van der Waals surface area (Å²) in [5, 5.41) is 4.91. The van der Waals surface area contributed by atoms with Gasteiger partial charge in [0, 0.05) is 42.2 Å². The summed E-state index contributed by atoms with van der Waals surface area (Å²) in [4.78, 5) is 15.7. The minimum Gasteiger partial charge on any atom is -0.383 e. The second-order valence-corrected chi connectivity index (χ2v) is 8.53. The van der Waals surface area contributed by atoms with Crippen LogP contribution in [0.3, 0.4) is 0 Å². The third-order valence-corrected chi connectivity index (χ3v) is 6.60. The number of rotatable bonds is 6. The van der Waals surface area contributed by atoms with Crippen LogP contribution in [0.15, 0.2) is 24.3 Å². The van der Waals surface area contributed by atoms with E-state index < -0.39 is 0 Å². The highest BCUT2D eigenvalue weighted by atomic mass is 35.5. The molecule has 0 saturated carbocycles. The number of methoxy groups -OCH3 is 1. The molecule has 1 aromatic carbocycles. The van der Waals surface area contributed by atoms with Gasteiger partial charge in [-0.1, -0.05) is 18.0 Å². The lowest BCUT2D eigenvalue weighted by atomic mass is 9.83. The molecular formula is C22H30ClN3O2. The molecule has 0 aliphatic carbocycles. The van der Waals surface area contributed by atoms with Crippen LogP contribution in [-0.2, 0) is 11.3 Å². The summed E-state index contributed by atoms with van der Waals surface area (Å²) < 4.78 is 7.29. The van der Waals surface area contributed by atoms with Crippen molar-refractivity contribution in [2.24, 2.45) is 5.92 Å². The highest BCUT2D eigenvalue weighted by molar-refractivity contribution is 6.31. The number of amides is 1. The molecule has 1 aromatic heterocycles. The van der Waals surface area contributed by atoms with E-state index in [1.54, 1.807) is 7.11 Å². The van der Waals surface area contributed by atoms with E-state index in [2.05, 4.69) is 10.2 Å². The normalized spacial score (nSPS) is 22.9. The average Bonchev–Trinajstić information content (AvgIpc) is 3.08. The van der Waals surface area contributed by atoms with Crippen LogP contribution in [0.4, 0.5) is 0 Å². The summed E-state index contributed by atoms with van der Waals surface area (Å²) in [7, 11) is 1.68. The molecule has 2 atom stereocenters. The van der Waals surface area contributed by atoms with Gasteiger partial charge in [-0.05, 0) is 69.0 Å². The van der Waals surface area contributed by atoms with Crippen LogP contribution >= 0.6 is 11.6 Å². The van der Waals surface area contributed by atoms with E-state index in [0.29, 0.717) is 35.8 Å². The molecule has 2 fully saturated rings. The molecule has 152 valence electrons. The number of benzene rings is 1. The Morgan fingerprint density at radius 2 is 2.07 bits per heavy atom. The fraction of sp³-hybridized carbons (Fsp3) is 0.591. The van der Waals surface area contributed by atoms with Crippen molar-refractivity contribution in [2.75, 3.05) is 33.4 Å². The molecule has 4 rings (SSSR count). The van der Waals surface area contributed by atoms with Crippen molar-refractivity contribution in [1.82, 2.24) is 14.8 Å². The number of piperidine rings is 2. The Labute approximate surface area is 172 Å². The van der Waals surface area contributed by atoms with Crippen molar-refractivity contribution >= 4 is 28.4 Å². The molecule has 2 aliphatic heterocycles. The van der Waals surface area contributed by atoms with Crippen LogP contribution in [-0.4, -0.2) is 54.8 Å². The molecule has 0 bridgehead atoms. The lowest BCUT2D eigenvalue weighted by Gasteiger charge is -2.44. The SMILES string of the molecule is COCCn1c(C(=O)NCC2CCCN3CCCCC23)cc2cc(Cl)ccc21. The number of carbonyl (C=O) groups is 1. The minimum atomic E-state index is -0.00337. The van der Waals surface area contributed by atoms with Gasteiger partial charge in [-0.25, -0.2) is 0 Å². The van der Waals surface area contributed by atoms with Gasteiger partial charge < -0.3 is 19.5 Å². The van der Waals surface area contributed by atoms with Crippen LogP contribution < -0.4 is 5.32 Å². The largest absolute Gasteiger partial charge is 0.383 e. The number of fused-ring (bicyclic) bond motifs is 2. The molecular weight excluding hydrogens is 374 g/mol. The first-order valence-electron chi connectivity index (χ1n) is 10.5. The lowest BCUT2D eigenvalue weighted by molar-refractivity contribution is 0.0574. The summed E-state index contributed by atoms with van der Waals surface area (Å²) in [6.07, 6.45) is 6.36. The maximum atomic E-state index is 13.1. The van der Waals surface area contributed by atoms with Crippen molar-refractivity contribution < 1.29 is 9.53 Å². The topological polar surface area (TPSA) is 46.5 Å². The van der Waals surface area contributed by atoms with Crippen LogP contribution in [0.25, 0.3) is 10.9 Å². The molecule has 0 radical (unpaired) electrons. The van der Waals surface area contributed by atoms with Gasteiger partial charge in [0.15, 0.2) is 0 Å². The molecule has 3 heterocycles. The minimum absolute atomic E-state index is 0.00337. The number of aromatic nitrogens is 1. The van der Waals surface area contributed by atoms with Gasteiger partial charge in [-0.3, -0.25) is 4.79 Å². The van der Waals surface area contributed by atoms with Crippen LogP contribution in [0.5, 0.6) is 0 Å². The van der Waals surface area contributed by atoms with Crippen molar-refractivity contribution in [3.05, 3.63) is 35.0 Å². The zero-order valence-electron chi connectivity index (χ0n) is 16.6. The first kappa shape index (κ1) is 19.7. The van der Waals surface area contributed by atoms with Gasteiger partial charge in [0.05, 0.1) is 6.61 Å². The predicted octanol–water partition coefficient (Wildman–Crippen LogP) is 3.94. The van der Waals surface area contributed by atoms with Gasteiger partial charge in [0.2, 0.25) is 0 Å². The first-order chi connectivity index (χ1) is 13.7. The zero-order chi connectivity index (χ0) is 19.5. The quantitative estimate of drug-likeness (QED) is 0.794. The van der Waals surface area contributed by atoms with E-state index in [4.69, 9.17) is 16.3 Å². The summed E-state index contributed by atoms with van der Waals surface area (Å²) in [6.45, 7) is 4.41. The Kier molecular flexibility index (Phi) is 6.24. The van der Waals surface area contributed by atoms with Gasteiger partial charge >= 0.3 is 0 Å². The molecule has 5 nitrogen and oxygen atoms in total. The van der Waals surface area contributed by atoms with E-state index in [-0.39, 0.29) is 5.91 Å². The number of halogens is 1. The molecule has 2 saturated heterocycles. The molecule has 2 aliphatic rings. The average molecular weight is 404 g/mol. The third kappa shape index (κ3) is 4.07. The monoisotopic (exact) mass is 403 g/mol. The fourth-order valence-corrected chi connectivity index (χ4v) is 5.16. The summed E-state index contributed by atoms with van der Waals surface area (Å²) in [5.41, 5.74) is 1.70. The first-order valence-corrected chi connectivity index (χ1v) is 10.8. The predicted molar refractivity (Wildman–Crippen MR) is 113 cm³/mol. The molecule has 28 heavy (non-hydrogen) atoms. The Bertz CT molecular complexity index is 833. The number of carbonyl (C=O) groups excluding carboxylic acids is 1. The van der Waals surface area contributed by atoms with E-state index in [1.165, 1.54) is 45.2 Å². The van der Waals surface area contributed by atoms with Crippen LogP contribution in [0.2, 0.25) is 5.02 Å². The summed E-state index contributed by atoms with van der Waals surface area (Å²) in [6, 6.07) is 8.35. The molecule has 1 amide bonds. The third-order valence-electron chi connectivity index (χ3n) is 6.37. The van der Waals surface area contributed by atoms with Crippen molar-refractivity contribution in [2.45, 2.75) is 44.7 Å².